The van der Waals surface area contributed by atoms with Crippen LogP contribution in [0.2, 0.25) is 0 Å². The van der Waals surface area contributed by atoms with Crippen molar-refractivity contribution in [2.24, 2.45) is 0 Å². The Kier molecular flexibility index (Phi) is 5.93. The maximum Gasteiger partial charge on any atom is 0.255 e. The van der Waals surface area contributed by atoms with E-state index < -0.39 is 5.82 Å². The third-order valence-corrected chi connectivity index (χ3v) is 5.87. The number of carbonyl (C=O) groups is 1. The van der Waals surface area contributed by atoms with E-state index in [9.17, 15) is 9.18 Å². The number of aromatic nitrogens is 3. The summed E-state index contributed by atoms with van der Waals surface area (Å²) in [5, 5.41) is 6.20. The molecule has 4 heterocycles. The Labute approximate surface area is 189 Å². The summed E-state index contributed by atoms with van der Waals surface area (Å²) < 4.78 is 31.0. The molecule has 9 nitrogen and oxygen atoms in total. The average Bonchev–Trinajstić information content (AvgIpc) is 3.23. The number of para-hydroxylation sites is 1. The number of carbonyl (C=O) groups excluding carboxylic acids is 1. The van der Waals surface area contributed by atoms with Gasteiger partial charge in [-0.05, 0) is 24.6 Å². The van der Waals surface area contributed by atoms with E-state index in [0.29, 0.717) is 61.1 Å². The van der Waals surface area contributed by atoms with E-state index in [1.165, 1.54) is 19.5 Å². The summed E-state index contributed by atoms with van der Waals surface area (Å²) in [6.07, 6.45) is 3.68. The van der Waals surface area contributed by atoms with Gasteiger partial charge in [-0.1, -0.05) is 6.07 Å². The molecule has 172 valence electrons. The molecule has 0 bridgehead atoms. The number of hydrogen-bond acceptors (Lipinski definition) is 7. The maximum absolute atomic E-state index is 14.3. The quantitative estimate of drug-likeness (QED) is 0.526. The number of methoxy groups -OCH3 is 1. The van der Waals surface area contributed by atoms with E-state index in [1.807, 2.05) is 0 Å². The van der Waals surface area contributed by atoms with Crippen molar-refractivity contribution in [3.63, 3.8) is 0 Å². The highest BCUT2D eigenvalue weighted by atomic mass is 19.1. The number of benzene rings is 1. The molecule has 3 aromatic rings. The van der Waals surface area contributed by atoms with Crippen LogP contribution in [0.5, 0.6) is 5.75 Å². The number of H-pyrrole nitrogens is 1. The minimum atomic E-state index is -0.507. The van der Waals surface area contributed by atoms with E-state index in [4.69, 9.17) is 14.2 Å². The van der Waals surface area contributed by atoms with Crippen molar-refractivity contribution in [3.05, 3.63) is 53.9 Å². The molecule has 2 aromatic heterocycles. The zero-order valence-electron chi connectivity index (χ0n) is 18.1. The van der Waals surface area contributed by atoms with Gasteiger partial charge in [-0.25, -0.2) is 14.4 Å². The summed E-state index contributed by atoms with van der Waals surface area (Å²) in [7, 11) is 1.40. The van der Waals surface area contributed by atoms with Crippen LogP contribution in [0.4, 0.5) is 15.8 Å². The molecule has 33 heavy (non-hydrogen) atoms. The molecule has 1 fully saturated rings. The predicted molar refractivity (Wildman–Crippen MR) is 118 cm³/mol. The monoisotopic (exact) mass is 453 g/mol. The van der Waals surface area contributed by atoms with Gasteiger partial charge in [-0.15, -0.1) is 0 Å². The van der Waals surface area contributed by atoms with Crippen LogP contribution in [-0.4, -0.2) is 60.4 Å². The molecule has 1 aromatic carbocycles. The predicted octanol–water partition coefficient (Wildman–Crippen LogP) is 3.00. The Balaban J connectivity index is 1.60. The molecule has 1 saturated heterocycles. The average molecular weight is 453 g/mol. The van der Waals surface area contributed by atoms with E-state index in [-0.39, 0.29) is 23.7 Å². The molecule has 2 aliphatic rings. The summed E-state index contributed by atoms with van der Waals surface area (Å²) >= 11 is 0. The van der Waals surface area contributed by atoms with Crippen molar-refractivity contribution in [2.45, 2.75) is 18.4 Å². The smallest absolute Gasteiger partial charge is 0.255 e. The summed E-state index contributed by atoms with van der Waals surface area (Å²) in [6, 6.07) is 6.33. The Morgan fingerprint density at radius 1 is 1.30 bits per heavy atom. The molecule has 1 amide bonds. The summed E-state index contributed by atoms with van der Waals surface area (Å²) in [5.74, 6) is -0.694. The lowest BCUT2D eigenvalue weighted by Crippen LogP contribution is -2.38. The van der Waals surface area contributed by atoms with Gasteiger partial charge in [0.25, 0.3) is 5.91 Å². The van der Waals surface area contributed by atoms with Gasteiger partial charge < -0.3 is 29.8 Å². The fourth-order valence-electron chi connectivity index (χ4n) is 4.36. The Hall–Kier alpha value is -3.50. The van der Waals surface area contributed by atoms with Gasteiger partial charge in [0.05, 0.1) is 61.4 Å². The lowest BCUT2D eigenvalue weighted by Gasteiger charge is -2.29. The first-order chi connectivity index (χ1) is 16.2. The van der Waals surface area contributed by atoms with Crippen LogP contribution in [-0.2, 0) is 9.47 Å². The minimum Gasteiger partial charge on any atom is -0.492 e. The topological polar surface area (TPSA) is 110 Å². The molecule has 0 radical (unpaired) electrons. The number of rotatable bonds is 6. The molecule has 0 aliphatic carbocycles. The van der Waals surface area contributed by atoms with Crippen molar-refractivity contribution in [2.75, 3.05) is 38.8 Å². The van der Waals surface area contributed by atoms with E-state index in [1.54, 1.807) is 24.4 Å². The number of anilines is 2. The van der Waals surface area contributed by atoms with Gasteiger partial charge in [-0.3, -0.25) is 4.79 Å². The zero-order chi connectivity index (χ0) is 22.8. The maximum atomic E-state index is 14.3. The number of nitrogens with zero attached hydrogens (tertiary/aromatic N) is 2. The van der Waals surface area contributed by atoms with Crippen LogP contribution in [0.25, 0.3) is 11.4 Å². The van der Waals surface area contributed by atoms with Crippen molar-refractivity contribution >= 4 is 17.3 Å². The molecular formula is C23H24FN5O4. The number of fused-ring (bicyclic) bond motifs is 1. The number of aromatic amines is 1. The van der Waals surface area contributed by atoms with Gasteiger partial charge in [0, 0.05) is 24.4 Å². The van der Waals surface area contributed by atoms with E-state index >= 15 is 0 Å². The van der Waals surface area contributed by atoms with Crippen LogP contribution in [0, 0.1) is 5.82 Å². The molecule has 3 N–H and O–H groups in total. The standard InChI is InChI=1S/C23H24FN5O4/c1-31-22-15(24)3-2-4-17(22)28-21-18-19(29-20(21)16-5-6-25-12-27-16)13(10-26-23(18)30)9-14-11-32-7-8-33-14/h2-6,12-14,28-29H,7-11H2,1H3,(H,26,30)/t13?,14-/m1/s1. The third kappa shape index (κ3) is 4.14. The van der Waals surface area contributed by atoms with Crippen LogP contribution < -0.4 is 15.4 Å². The first-order valence-electron chi connectivity index (χ1n) is 10.7. The Morgan fingerprint density at radius 2 is 2.21 bits per heavy atom. The summed E-state index contributed by atoms with van der Waals surface area (Å²) in [4.78, 5) is 24.8. The van der Waals surface area contributed by atoms with Crippen LogP contribution in [0.1, 0.15) is 28.4 Å². The number of nitrogens with one attached hydrogen (secondary N) is 3. The number of hydrogen-bond donors (Lipinski definition) is 3. The van der Waals surface area contributed by atoms with Crippen molar-refractivity contribution in [3.8, 4) is 17.1 Å². The highest BCUT2D eigenvalue weighted by molar-refractivity contribution is 6.06. The molecule has 0 saturated carbocycles. The number of halogens is 1. The fraction of sp³-hybridized carbons (Fsp3) is 0.348. The number of amides is 1. The van der Waals surface area contributed by atoms with Gasteiger partial charge in [0.2, 0.25) is 0 Å². The van der Waals surface area contributed by atoms with Crippen molar-refractivity contribution in [1.29, 1.82) is 0 Å². The summed E-state index contributed by atoms with van der Waals surface area (Å²) in [6.45, 7) is 2.13. The Morgan fingerprint density at radius 3 is 2.97 bits per heavy atom. The molecule has 0 spiro atoms. The molecule has 2 aliphatic heterocycles. The normalized spacial score (nSPS) is 20.1. The molecule has 1 unspecified atom stereocenters. The second-order valence-corrected chi connectivity index (χ2v) is 7.91. The Bertz CT molecular complexity index is 1150. The van der Waals surface area contributed by atoms with Crippen molar-refractivity contribution in [1.82, 2.24) is 20.3 Å². The van der Waals surface area contributed by atoms with Crippen LogP contribution in [0.3, 0.4) is 0 Å². The van der Waals surface area contributed by atoms with Gasteiger partial charge in [0.1, 0.15) is 6.33 Å². The first-order valence-corrected chi connectivity index (χ1v) is 10.7. The van der Waals surface area contributed by atoms with Gasteiger partial charge >= 0.3 is 0 Å². The van der Waals surface area contributed by atoms with Gasteiger partial charge in [-0.2, -0.15) is 0 Å². The fourth-order valence-corrected chi connectivity index (χ4v) is 4.36. The van der Waals surface area contributed by atoms with E-state index in [2.05, 4.69) is 25.6 Å². The molecular weight excluding hydrogens is 429 g/mol. The zero-order valence-corrected chi connectivity index (χ0v) is 18.1. The minimum absolute atomic E-state index is 0.0186. The van der Waals surface area contributed by atoms with Crippen LogP contribution in [0.15, 0.2) is 36.8 Å². The first kappa shape index (κ1) is 21.4. The second-order valence-electron chi connectivity index (χ2n) is 7.91. The third-order valence-electron chi connectivity index (χ3n) is 5.87. The van der Waals surface area contributed by atoms with E-state index in [0.717, 1.165) is 5.69 Å². The number of ether oxygens (including phenoxy) is 3. The van der Waals surface area contributed by atoms with Gasteiger partial charge in [0.15, 0.2) is 11.6 Å². The second kappa shape index (κ2) is 9.16. The molecule has 10 heteroatoms. The van der Waals surface area contributed by atoms with Crippen molar-refractivity contribution < 1.29 is 23.4 Å². The molecule has 5 rings (SSSR count). The highest BCUT2D eigenvalue weighted by Crippen LogP contribution is 2.42. The summed E-state index contributed by atoms with van der Waals surface area (Å²) in [5.41, 5.74) is 3.34. The SMILES string of the molecule is COc1c(F)cccc1Nc1c(-c2ccncn2)[nH]c2c1C(=O)NCC2C[C@@H]1COCCO1. The van der Waals surface area contributed by atoms with Crippen LogP contribution >= 0.6 is 0 Å². The molecule has 2 atom stereocenters. The lowest BCUT2D eigenvalue weighted by molar-refractivity contribution is -0.0928. The lowest BCUT2D eigenvalue weighted by atomic mass is 9.91. The highest BCUT2D eigenvalue weighted by Gasteiger charge is 2.35. The largest absolute Gasteiger partial charge is 0.492 e.